The highest BCUT2D eigenvalue weighted by atomic mass is 35.5. The van der Waals surface area contributed by atoms with E-state index in [2.05, 4.69) is 20.8 Å². The van der Waals surface area contributed by atoms with Crippen LogP contribution >= 0.6 is 35.0 Å². The Hall–Kier alpha value is -1.77. The van der Waals surface area contributed by atoms with Gasteiger partial charge >= 0.3 is 0 Å². The third kappa shape index (κ3) is 6.87. The number of nitrogens with one attached hydrogen (secondary N) is 2. The van der Waals surface area contributed by atoms with Crippen molar-refractivity contribution in [2.45, 2.75) is 76.7 Å². The maximum absolute atomic E-state index is 12.9. The van der Waals surface area contributed by atoms with E-state index in [4.69, 9.17) is 23.2 Å². The molecule has 0 radical (unpaired) electrons. The molecule has 10 heteroatoms. The van der Waals surface area contributed by atoms with Crippen LogP contribution in [0.2, 0.25) is 10.0 Å². The largest absolute Gasteiger partial charge is 0.353 e. The molecule has 1 aliphatic carbocycles. The summed E-state index contributed by atoms with van der Waals surface area (Å²) in [6, 6.07) is 4.70. The van der Waals surface area contributed by atoms with Crippen molar-refractivity contribution in [3.05, 3.63) is 39.6 Å². The van der Waals surface area contributed by atoms with Gasteiger partial charge < -0.3 is 15.2 Å². The SMILES string of the molecule is CCn1c(SCC(=O)NC2CCCCC2)nnc1[C@@H](NC(=O)c1ccc(Cl)cc1Cl)C(C)C. The molecule has 1 aliphatic rings. The van der Waals surface area contributed by atoms with E-state index in [1.54, 1.807) is 18.2 Å². The third-order valence-electron chi connectivity index (χ3n) is 5.77. The zero-order valence-corrected chi connectivity index (χ0v) is 21.6. The molecular weight excluding hydrogens is 481 g/mol. The van der Waals surface area contributed by atoms with E-state index in [1.807, 2.05) is 25.3 Å². The zero-order valence-electron chi connectivity index (χ0n) is 19.2. The molecule has 1 heterocycles. The smallest absolute Gasteiger partial charge is 0.253 e. The summed E-state index contributed by atoms with van der Waals surface area (Å²) < 4.78 is 1.95. The van der Waals surface area contributed by atoms with Gasteiger partial charge in [0.2, 0.25) is 5.91 Å². The molecule has 3 rings (SSSR count). The van der Waals surface area contributed by atoms with Crippen molar-refractivity contribution in [3.63, 3.8) is 0 Å². The highest BCUT2D eigenvalue weighted by molar-refractivity contribution is 7.99. The van der Waals surface area contributed by atoms with E-state index >= 15 is 0 Å². The molecule has 1 saturated carbocycles. The van der Waals surface area contributed by atoms with Crippen LogP contribution in [0.5, 0.6) is 0 Å². The number of hydrogen-bond donors (Lipinski definition) is 2. The minimum absolute atomic E-state index is 0.0187. The molecule has 2 aromatic rings. The Kier molecular flexibility index (Phi) is 9.47. The predicted molar refractivity (Wildman–Crippen MR) is 133 cm³/mol. The summed E-state index contributed by atoms with van der Waals surface area (Å²) >= 11 is 13.5. The Morgan fingerprint density at radius 2 is 1.91 bits per heavy atom. The van der Waals surface area contributed by atoms with Crippen molar-refractivity contribution in [2.75, 3.05) is 5.75 Å². The van der Waals surface area contributed by atoms with Crippen LogP contribution in [-0.4, -0.2) is 38.4 Å². The van der Waals surface area contributed by atoms with Gasteiger partial charge in [-0.1, -0.05) is 68.1 Å². The normalized spacial score (nSPS) is 15.5. The number of carbonyl (C=O) groups is 2. The lowest BCUT2D eigenvalue weighted by atomic mass is 9.95. The second-order valence-electron chi connectivity index (χ2n) is 8.60. The quantitative estimate of drug-likeness (QED) is 0.447. The van der Waals surface area contributed by atoms with Crippen LogP contribution in [0.3, 0.4) is 0 Å². The first-order valence-electron chi connectivity index (χ1n) is 11.4. The lowest BCUT2D eigenvalue weighted by Gasteiger charge is -2.23. The van der Waals surface area contributed by atoms with Crippen molar-refractivity contribution < 1.29 is 9.59 Å². The van der Waals surface area contributed by atoms with Gasteiger partial charge in [0.05, 0.1) is 22.4 Å². The molecular formula is C23H31Cl2N5O2S. The van der Waals surface area contributed by atoms with Crippen molar-refractivity contribution >= 4 is 46.8 Å². The summed E-state index contributed by atoms with van der Waals surface area (Å²) in [4.78, 5) is 25.3. The Balaban J connectivity index is 1.69. The fourth-order valence-electron chi connectivity index (χ4n) is 4.00. The van der Waals surface area contributed by atoms with Crippen molar-refractivity contribution in [3.8, 4) is 0 Å². The number of hydrogen-bond acceptors (Lipinski definition) is 5. The van der Waals surface area contributed by atoms with Gasteiger partial charge in [0.1, 0.15) is 0 Å². The Morgan fingerprint density at radius 1 is 1.18 bits per heavy atom. The monoisotopic (exact) mass is 511 g/mol. The number of nitrogens with zero attached hydrogens (tertiary/aromatic N) is 3. The molecule has 0 unspecified atom stereocenters. The molecule has 180 valence electrons. The lowest BCUT2D eigenvalue weighted by molar-refractivity contribution is -0.119. The molecule has 0 saturated heterocycles. The summed E-state index contributed by atoms with van der Waals surface area (Å²) in [5.41, 5.74) is 0.350. The van der Waals surface area contributed by atoms with Gasteiger partial charge in [-0.05, 0) is 43.9 Å². The molecule has 1 aromatic carbocycles. The number of rotatable bonds is 9. The predicted octanol–water partition coefficient (Wildman–Crippen LogP) is 5.27. The van der Waals surface area contributed by atoms with Gasteiger partial charge in [-0.3, -0.25) is 9.59 Å². The number of halogens is 2. The molecule has 0 aliphatic heterocycles. The number of benzene rings is 1. The summed E-state index contributed by atoms with van der Waals surface area (Å²) in [7, 11) is 0. The molecule has 0 bridgehead atoms. The van der Waals surface area contributed by atoms with E-state index < -0.39 is 0 Å². The van der Waals surface area contributed by atoms with Gasteiger partial charge in [-0.25, -0.2) is 0 Å². The van der Waals surface area contributed by atoms with Crippen LogP contribution < -0.4 is 10.6 Å². The van der Waals surface area contributed by atoms with E-state index in [1.165, 1.54) is 31.0 Å². The molecule has 2 N–H and O–H groups in total. The number of aromatic nitrogens is 3. The van der Waals surface area contributed by atoms with Crippen LogP contribution in [0, 0.1) is 5.92 Å². The van der Waals surface area contributed by atoms with E-state index in [-0.39, 0.29) is 35.6 Å². The van der Waals surface area contributed by atoms with Gasteiger partial charge in [0.25, 0.3) is 5.91 Å². The van der Waals surface area contributed by atoms with Crippen LogP contribution in [0.25, 0.3) is 0 Å². The summed E-state index contributed by atoms with van der Waals surface area (Å²) in [6.45, 7) is 6.63. The van der Waals surface area contributed by atoms with Gasteiger partial charge in [-0.2, -0.15) is 0 Å². The summed E-state index contributed by atoms with van der Waals surface area (Å²) in [5.74, 6) is 0.712. The second-order valence-corrected chi connectivity index (χ2v) is 10.4. The van der Waals surface area contributed by atoms with E-state index in [9.17, 15) is 9.59 Å². The van der Waals surface area contributed by atoms with Crippen LogP contribution in [0.15, 0.2) is 23.4 Å². The van der Waals surface area contributed by atoms with Gasteiger partial charge in [0.15, 0.2) is 11.0 Å². The molecule has 7 nitrogen and oxygen atoms in total. The Labute approximate surface area is 209 Å². The molecule has 2 amide bonds. The van der Waals surface area contributed by atoms with E-state index in [0.717, 1.165) is 12.8 Å². The van der Waals surface area contributed by atoms with Crippen molar-refractivity contribution in [2.24, 2.45) is 5.92 Å². The highest BCUT2D eigenvalue weighted by Crippen LogP contribution is 2.27. The second kappa shape index (κ2) is 12.1. The van der Waals surface area contributed by atoms with Crippen LogP contribution in [-0.2, 0) is 11.3 Å². The minimum Gasteiger partial charge on any atom is -0.353 e. The average molecular weight is 513 g/mol. The molecule has 1 aromatic heterocycles. The average Bonchev–Trinajstić information content (AvgIpc) is 3.18. The first kappa shape index (κ1) is 25.8. The highest BCUT2D eigenvalue weighted by Gasteiger charge is 2.27. The maximum atomic E-state index is 12.9. The number of amides is 2. The molecule has 1 atom stereocenters. The number of thioether (sulfide) groups is 1. The molecule has 33 heavy (non-hydrogen) atoms. The van der Waals surface area contributed by atoms with Crippen molar-refractivity contribution in [1.29, 1.82) is 0 Å². The topological polar surface area (TPSA) is 88.9 Å². The van der Waals surface area contributed by atoms with Gasteiger partial charge in [0, 0.05) is 17.6 Å². The Bertz CT molecular complexity index is 976. The standard InChI is InChI=1S/C23H31Cl2N5O2S/c1-4-30-21(20(14(2)3)27-22(32)17-11-10-15(24)12-18(17)25)28-29-23(30)33-13-19(31)26-16-8-6-5-7-9-16/h10-12,14,16,20H,4-9,13H2,1-3H3,(H,26,31)(H,27,32)/t20-/m0/s1. The third-order valence-corrected chi connectivity index (χ3v) is 7.29. The first-order chi connectivity index (χ1) is 15.8. The Morgan fingerprint density at radius 3 is 2.55 bits per heavy atom. The fourth-order valence-corrected chi connectivity index (χ4v) is 5.32. The number of carbonyl (C=O) groups excluding carboxylic acids is 2. The minimum atomic E-state index is -0.373. The summed E-state index contributed by atoms with van der Waals surface area (Å²) in [6.07, 6.45) is 5.71. The fraction of sp³-hybridized carbons (Fsp3) is 0.565. The molecule has 0 spiro atoms. The maximum Gasteiger partial charge on any atom is 0.253 e. The first-order valence-corrected chi connectivity index (χ1v) is 13.2. The van der Waals surface area contributed by atoms with Crippen LogP contribution in [0.1, 0.15) is 75.1 Å². The van der Waals surface area contributed by atoms with Gasteiger partial charge in [-0.15, -0.1) is 10.2 Å². The molecule has 1 fully saturated rings. The zero-order chi connectivity index (χ0) is 24.0. The van der Waals surface area contributed by atoms with Crippen LogP contribution in [0.4, 0.5) is 0 Å². The van der Waals surface area contributed by atoms with Crippen molar-refractivity contribution in [1.82, 2.24) is 25.4 Å². The lowest BCUT2D eigenvalue weighted by Crippen LogP contribution is -2.37. The summed E-state index contributed by atoms with van der Waals surface area (Å²) in [5, 5.41) is 16.3. The van der Waals surface area contributed by atoms with E-state index in [0.29, 0.717) is 33.1 Å².